The molecule has 0 unspecified atom stereocenters. The van der Waals surface area contributed by atoms with E-state index in [1.165, 1.54) is 18.2 Å². The van der Waals surface area contributed by atoms with Gasteiger partial charge in [0.05, 0.1) is 5.75 Å². The van der Waals surface area contributed by atoms with Crippen molar-refractivity contribution in [3.8, 4) is 0 Å². The van der Waals surface area contributed by atoms with Crippen LogP contribution in [0.4, 0.5) is 0 Å². The van der Waals surface area contributed by atoms with Crippen molar-refractivity contribution in [1.82, 2.24) is 25.1 Å². The Hall–Kier alpha value is -2.15. The van der Waals surface area contributed by atoms with E-state index in [0.717, 1.165) is 47.9 Å². The van der Waals surface area contributed by atoms with Crippen LogP contribution in [0.3, 0.4) is 0 Å². The van der Waals surface area contributed by atoms with E-state index in [1.54, 1.807) is 0 Å². The van der Waals surface area contributed by atoms with Gasteiger partial charge in [0.1, 0.15) is 5.52 Å². The first-order chi connectivity index (χ1) is 12.3. The number of aromatic amines is 1. The molecule has 1 aliphatic heterocycles. The molecule has 1 amide bonds. The van der Waals surface area contributed by atoms with Crippen LogP contribution in [0.5, 0.6) is 0 Å². The summed E-state index contributed by atoms with van der Waals surface area (Å²) in [7, 11) is 0. The number of thioether (sulfide) groups is 1. The summed E-state index contributed by atoms with van der Waals surface area (Å²) < 4.78 is 0. The minimum absolute atomic E-state index is 0.178. The Bertz CT molecular complexity index is 909. The molecule has 3 aromatic rings. The highest BCUT2D eigenvalue weighted by Gasteiger charge is 2.25. The summed E-state index contributed by atoms with van der Waals surface area (Å²) >= 11 is 1.36. The first-order valence-corrected chi connectivity index (χ1v) is 9.78. The second-order valence-corrected chi connectivity index (χ2v) is 7.34. The Kier molecular flexibility index (Phi) is 4.57. The molecule has 4 rings (SSSR count). The fraction of sp³-hybridized carbons (Fsp3) is 0.444. The van der Waals surface area contributed by atoms with Crippen molar-refractivity contribution < 1.29 is 4.79 Å². The molecule has 130 valence electrons. The molecule has 0 saturated carbocycles. The van der Waals surface area contributed by atoms with Crippen molar-refractivity contribution in [3.05, 3.63) is 24.3 Å². The molecule has 1 atom stereocenters. The number of piperidine rings is 1. The average Bonchev–Trinajstić information content (AvgIpc) is 3.03. The molecule has 1 fully saturated rings. The van der Waals surface area contributed by atoms with Crippen LogP contribution in [-0.4, -0.2) is 49.3 Å². The quantitative estimate of drug-likeness (QED) is 0.726. The van der Waals surface area contributed by atoms with Gasteiger partial charge in [-0.1, -0.05) is 36.9 Å². The van der Waals surface area contributed by atoms with E-state index < -0.39 is 0 Å². The molecule has 1 aromatic carbocycles. The molecule has 0 radical (unpaired) electrons. The van der Waals surface area contributed by atoms with Gasteiger partial charge in [-0.2, -0.15) is 0 Å². The predicted molar refractivity (Wildman–Crippen MR) is 99.6 cm³/mol. The molecule has 7 heteroatoms. The standard InChI is InChI=1S/C18H21N5OS/c1-2-12-7-5-6-10-23(12)15(24)11-25-18-20-17-16(21-22-18)13-8-3-4-9-14(13)19-17/h3-4,8-9,12H,2,5-7,10-11H2,1H3,(H,19,20,22)/t12-/m1/s1. The zero-order chi connectivity index (χ0) is 17.2. The first-order valence-electron chi connectivity index (χ1n) is 8.79. The number of amides is 1. The number of nitrogens with one attached hydrogen (secondary N) is 1. The lowest BCUT2D eigenvalue weighted by Crippen LogP contribution is -2.44. The maximum Gasteiger partial charge on any atom is 0.233 e. The van der Waals surface area contributed by atoms with Crippen LogP contribution in [0.25, 0.3) is 22.1 Å². The molecule has 6 nitrogen and oxygen atoms in total. The van der Waals surface area contributed by atoms with Crippen LogP contribution < -0.4 is 0 Å². The Morgan fingerprint density at radius 1 is 1.32 bits per heavy atom. The second-order valence-electron chi connectivity index (χ2n) is 6.40. The van der Waals surface area contributed by atoms with Gasteiger partial charge < -0.3 is 9.88 Å². The number of hydrogen-bond donors (Lipinski definition) is 1. The Labute approximate surface area is 150 Å². The largest absolute Gasteiger partial charge is 0.339 e. The van der Waals surface area contributed by atoms with E-state index in [0.29, 0.717) is 17.0 Å². The van der Waals surface area contributed by atoms with E-state index in [2.05, 4.69) is 27.1 Å². The van der Waals surface area contributed by atoms with Crippen molar-refractivity contribution >= 4 is 39.7 Å². The van der Waals surface area contributed by atoms with Crippen molar-refractivity contribution in [2.45, 2.75) is 43.8 Å². The van der Waals surface area contributed by atoms with Crippen LogP contribution in [0.1, 0.15) is 32.6 Å². The van der Waals surface area contributed by atoms with E-state index in [1.807, 2.05) is 29.2 Å². The van der Waals surface area contributed by atoms with Crippen LogP contribution in [-0.2, 0) is 4.79 Å². The zero-order valence-corrected chi connectivity index (χ0v) is 15.1. The fourth-order valence-electron chi connectivity index (χ4n) is 3.53. The zero-order valence-electron chi connectivity index (χ0n) is 14.2. The number of carbonyl (C=O) groups excluding carboxylic acids is 1. The molecule has 1 N–H and O–H groups in total. The Morgan fingerprint density at radius 3 is 3.08 bits per heavy atom. The highest BCUT2D eigenvalue weighted by molar-refractivity contribution is 7.99. The molecular formula is C18H21N5OS. The van der Waals surface area contributed by atoms with Gasteiger partial charge in [-0.3, -0.25) is 4.79 Å². The van der Waals surface area contributed by atoms with E-state index in [-0.39, 0.29) is 5.91 Å². The van der Waals surface area contributed by atoms with Crippen molar-refractivity contribution in [1.29, 1.82) is 0 Å². The summed E-state index contributed by atoms with van der Waals surface area (Å²) in [4.78, 5) is 22.4. The van der Waals surface area contributed by atoms with Crippen molar-refractivity contribution in [3.63, 3.8) is 0 Å². The topological polar surface area (TPSA) is 74.8 Å². The molecule has 2 aromatic heterocycles. The van der Waals surface area contributed by atoms with Gasteiger partial charge >= 0.3 is 0 Å². The van der Waals surface area contributed by atoms with Crippen molar-refractivity contribution in [2.75, 3.05) is 12.3 Å². The lowest BCUT2D eigenvalue weighted by Gasteiger charge is -2.35. The smallest absolute Gasteiger partial charge is 0.233 e. The number of fused-ring (bicyclic) bond motifs is 3. The molecule has 0 spiro atoms. The van der Waals surface area contributed by atoms with Crippen LogP contribution in [0, 0.1) is 0 Å². The van der Waals surface area contributed by atoms with Crippen LogP contribution in [0.15, 0.2) is 29.4 Å². The number of carbonyl (C=O) groups is 1. The van der Waals surface area contributed by atoms with Gasteiger partial charge in [-0.25, -0.2) is 4.98 Å². The molecule has 25 heavy (non-hydrogen) atoms. The van der Waals surface area contributed by atoms with E-state index in [9.17, 15) is 4.79 Å². The molecular weight excluding hydrogens is 334 g/mol. The minimum Gasteiger partial charge on any atom is -0.339 e. The van der Waals surface area contributed by atoms with Gasteiger partial charge in [0.25, 0.3) is 0 Å². The number of rotatable bonds is 4. The van der Waals surface area contributed by atoms with Crippen LogP contribution >= 0.6 is 11.8 Å². The average molecular weight is 355 g/mol. The normalized spacial score (nSPS) is 18.1. The maximum atomic E-state index is 12.6. The molecule has 0 aliphatic carbocycles. The Morgan fingerprint density at radius 2 is 2.20 bits per heavy atom. The third-order valence-corrected chi connectivity index (χ3v) is 5.67. The fourth-order valence-corrected chi connectivity index (χ4v) is 4.20. The van der Waals surface area contributed by atoms with Gasteiger partial charge in [0, 0.05) is 23.5 Å². The van der Waals surface area contributed by atoms with Crippen LogP contribution in [0.2, 0.25) is 0 Å². The minimum atomic E-state index is 0.178. The summed E-state index contributed by atoms with van der Waals surface area (Å²) in [5.41, 5.74) is 2.49. The number of nitrogens with zero attached hydrogens (tertiary/aromatic N) is 4. The summed E-state index contributed by atoms with van der Waals surface area (Å²) in [5, 5.41) is 10.1. The summed E-state index contributed by atoms with van der Waals surface area (Å²) in [6.07, 6.45) is 4.47. The number of para-hydroxylation sites is 1. The van der Waals surface area contributed by atoms with Gasteiger partial charge in [-0.05, 0) is 31.7 Å². The summed E-state index contributed by atoms with van der Waals surface area (Å²) in [5.74, 6) is 0.543. The SMILES string of the molecule is CC[C@@H]1CCCCN1C(=O)CSc1nnc2c(n1)[nH]c1ccccc12. The van der Waals surface area contributed by atoms with E-state index >= 15 is 0 Å². The molecule has 0 bridgehead atoms. The monoisotopic (exact) mass is 355 g/mol. The number of hydrogen-bond acceptors (Lipinski definition) is 5. The first kappa shape index (κ1) is 16.3. The molecule has 1 aliphatic rings. The van der Waals surface area contributed by atoms with Gasteiger partial charge in [0.2, 0.25) is 11.1 Å². The molecule has 3 heterocycles. The highest BCUT2D eigenvalue weighted by atomic mass is 32.2. The highest BCUT2D eigenvalue weighted by Crippen LogP contribution is 2.24. The third kappa shape index (κ3) is 3.20. The number of H-pyrrole nitrogens is 1. The Balaban J connectivity index is 1.49. The summed E-state index contributed by atoms with van der Waals surface area (Å²) in [6, 6.07) is 8.33. The van der Waals surface area contributed by atoms with Gasteiger partial charge in [0.15, 0.2) is 5.65 Å². The second kappa shape index (κ2) is 7.00. The molecule has 1 saturated heterocycles. The number of aromatic nitrogens is 4. The number of benzene rings is 1. The summed E-state index contributed by atoms with van der Waals surface area (Å²) in [6.45, 7) is 3.03. The lowest BCUT2D eigenvalue weighted by atomic mass is 10.0. The third-order valence-electron chi connectivity index (χ3n) is 4.85. The predicted octanol–water partition coefficient (Wildman–Crippen LogP) is 3.39. The number of likely N-dealkylation sites (tertiary alicyclic amines) is 1. The lowest BCUT2D eigenvalue weighted by molar-refractivity contribution is -0.132. The van der Waals surface area contributed by atoms with Gasteiger partial charge in [-0.15, -0.1) is 10.2 Å². The van der Waals surface area contributed by atoms with E-state index in [4.69, 9.17) is 0 Å². The van der Waals surface area contributed by atoms with Crippen molar-refractivity contribution in [2.24, 2.45) is 0 Å². The maximum absolute atomic E-state index is 12.6.